The van der Waals surface area contributed by atoms with E-state index < -0.39 is 23.0 Å². The molecule has 10 heteroatoms. The summed E-state index contributed by atoms with van der Waals surface area (Å²) >= 11 is 0. The average molecular weight is 446 g/mol. The van der Waals surface area contributed by atoms with Crippen LogP contribution in [0.1, 0.15) is 26.3 Å². The summed E-state index contributed by atoms with van der Waals surface area (Å²) < 4.78 is 44.4. The van der Waals surface area contributed by atoms with Gasteiger partial charge in [0.15, 0.2) is 17.4 Å². The van der Waals surface area contributed by atoms with Crippen molar-refractivity contribution in [3.05, 3.63) is 29.3 Å². The molecule has 2 aliphatic heterocycles. The first-order valence-electron chi connectivity index (χ1n) is 9.52. The Kier molecular flexibility index (Phi) is 7.86. The Morgan fingerprint density at radius 2 is 1.77 bits per heavy atom. The molecule has 2 saturated heterocycles. The van der Waals surface area contributed by atoms with Gasteiger partial charge in [0.2, 0.25) is 0 Å². The molecule has 0 N–H and O–H groups in total. The first-order valence-corrected chi connectivity index (χ1v) is 9.52. The molecule has 2 bridgehead atoms. The third-order valence-corrected chi connectivity index (χ3v) is 4.59. The van der Waals surface area contributed by atoms with Gasteiger partial charge < -0.3 is 19.1 Å². The van der Waals surface area contributed by atoms with Gasteiger partial charge in [0.05, 0.1) is 36.9 Å². The number of fused-ring (bicyclic) bond motifs is 2. The van der Waals surface area contributed by atoms with E-state index in [9.17, 15) is 13.6 Å². The van der Waals surface area contributed by atoms with Crippen LogP contribution in [0.25, 0.3) is 0 Å². The van der Waals surface area contributed by atoms with Crippen molar-refractivity contribution in [3.8, 4) is 11.8 Å². The number of amides is 1. The fourth-order valence-corrected chi connectivity index (χ4v) is 3.47. The molecule has 2 heterocycles. The average Bonchev–Trinajstić information content (AvgIpc) is 2.61. The minimum Gasteiger partial charge on any atom is -0.486 e. The van der Waals surface area contributed by atoms with Crippen LogP contribution >= 0.6 is 12.4 Å². The molecule has 7 nitrogen and oxygen atoms in total. The largest absolute Gasteiger partial charge is 0.486 e. The molecule has 166 valence electrons. The van der Waals surface area contributed by atoms with Crippen LogP contribution in [0.5, 0.6) is 5.75 Å². The molecule has 1 aromatic carbocycles. The molecule has 30 heavy (non-hydrogen) atoms. The second-order valence-electron chi connectivity index (χ2n) is 8.25. The Balaban J connectivity index is 0.00000320. The van der Waals surface area contributed by atoms with Gasteiger partial charge in [-0.2, -0.15) is 5.26 Å². The fraction of sp³-hybridized carbons (Fsp3) is 0.600. The highest BCUT2D eigenvalue weighted by Crippen LogP contribution is 2.24. The molecule has 2 fully saturated rings. The van der Waals surface area contributed by atoms with Gasteiger partial charge in [-0.05, 0) is 32.9 Å². The Labute approximate surface area is 180 Å². The lowest BCUT2D eigenvalue weighted by atomic mass is 10.1. The summed E-state index contributed by atoms with van der Waals surface area (Å²) in [6.45, 7) is 8.06. The maximum absolute atomic E-state index is 13.9. The second-order valence-corrected chi connectivity index (χ2v) is 8.25. The molecular formula is C20H26ClF2N3O4. The van der Waals surface area contributed by atoms with E-state index in [2.05, 4.69) is 4.90 Å². The van der Waals surface area contributed by atoms with E-state index in [0.29, 0.717) is 32.7 Å². The molecular weight excluding hydrogens is 420 g/mol. The van der Waals surface area contributed by atoms with Crippen LogP contribution in [0.2, 0.25) is 0 Å². The predicted molar refractivity (Wildman–Crippen MR) is 107 cm³/mol. The molecule has 1 aromatic rings. The minimum absolute atomic E-state index is 0. The topological polar surface area (TPSA) is 75.0 Å². The van der Waals surface area contributed by atoms with Crippen molar-refractivity contribution in [2.24, 2.45) is 0 Å². The Morgan fingerprint density at radius 1 is 1.20 bits per heavy atom. The molecule has 0 saturated carbocycles. The lowest BCUT2D eigenvalue weighted by Crippen LogP contribution is -2.61. The number of hydrogen-bond donors (Lipinski definition) is 0. The SMILES string of the molecule is CC(C)(C)OC(=O)N1CC2CN(CCOc3c(F)cc(C#N)cc3F)CC(C1)O2.Cl. The van der Waals surface area contributed by atoms with Gasteiger partial charge in [-0.25, -0.2) is 13.6 Å². The lowest BCUT2D eigenvalue weighted by Gasteiger charge is -2.45. The van der Waals surface area contributed by atoms with E-state index in [1.165, 1.54) is 0 Å². The monoisotopic (exact) mass is 445 g/mol. The number of carbonyl (C=O) groups is 1. The van der Waals surface area contributed by atoms with E-state index in [1.54, 1.807) is 11.0 Å². The van der Waals surface area contributed by atoms with Crippen molar-refractivity contribution < 1.29 is 27.8 Å². The Hall–Kier alpha value is -2.15. The molecule has 1 amide bonds. The van der Waals surface area contributed by atoms with E-state index in [4.69, 9.17) is 19.5 Å². The highest BCUT2D eigenvalue weighted by atomic mass is 35.5. The van der Waals surface area contributed by atoms with Crippen LogP contribution in [-0.4, -0.2) is 73.0 Å². The van der Waals surface area contributed by atoms with E-state index in [1.807, 2.05) is 20.8 Å². The van der Waals surface area contributed by atoms with Crippen LogP contribution in [-0.2, 0) is 9.47 Å². The minimum atomic E-state index is -0.895. The number of carbonyl (C=O) groups excluding carboxylic acids is 1. The van der Waals surface area contributed by atoms with Crippen molar-refractivity contribution in [2.75, 3.05) is 39.3 Å². The van der Waals surface area contributed by atoms with Crippen molar-refractivity contribution in [1.29, 1.82) is 5.26 Å². The van der Waals surface area contributed by atoms with Crippen LogP contribution in [0.3, 0.4) is 0 Å². The summed E-state index contributed by atoms with van der Waals surface area (Å²) in [5, 5.41) is 8.74. The van der Waals surface area contributed by atoms with Crippen molar-refractivity contribution in [1.82, 2.24) is 9.80 Å². The quantitative estimate of drug-likeness (QED) is 0.709. The van der Waals surface area contributed by atoms with Gasteiger partial charge in [0.25, 0.3) is 0 Å². The molecule has 2 aliphatic rings. The number of morpholine rings is 2. The number of halogens is 3. The zero-order chi connectivity index (χ0) is 21.2. The van der Waals surface area contributed by atoms with Crippen molar-refractivity contribution >= 4 is 18.5 Å². The molecule has 2 unspecified atom stereocenters. The van der Waals surface area contributed by atoms with Crippen LogP contribution in [0.4, 0.5) is 13.6 Å². The zero-order valence-electron chi connectivity index (χ0n) is 17.2. The number of nitriles is 1. The van der Waals surface area contributed by atoms with Gasteiger partial charge >= 0.3 is 6.09 Å². The lowest BCUT2D eigenvalue weighted by molar-refractivity contribution is -0.137. The van der Waals surface area contributed by atoms with E-state index >= 15 is 0 Å². The van der Waals surface area contributed by atoms with Gasteiger partial charge in [0.1, 0.15) is 12.2 Å². The van der Waals surface area contributed by atoms with Crippen molar-refractivity contribution in [3.63, 3.8) is 0 Å². The van der Waals surface area contributed by atoms with Crippen LogP contribution in [0, 0.1) is 23.0 Å². The maximum Gasteiger partial charge on any atom is 0.410 e. The predicted octanol–water partition coefficient (Wildman–Crippen LogP) is 2.96. The Morgan fingerprint density at radius 3 is 2.27 bits per heavy atom. The molecule has 0 spiro atoms. The molecule has 2 atom stereocenters. The first kappa shape index (κ1) is 24.1. The van der Waals surface area contributed by atoms with Gasteiger partial charge in [0, 0.05) is 19.6 Å². The molecule has 0 aromatic heterocycles. The summed E-state index contributed by atoms with van der Waals surface area (Å²) in [6.07, 6.45) is -0.656. The molecule has 0 radical (unpaired) electrons. The number of hydrogen-bond acceptors (Lipinski definition) is 6. The normalized spacial score (nSPS) is 21.4. The van der Waals surface area contributed by atoms with Gasteiger partial charge in [-0.3, -0.25) is 4.90 Å². The summed E-state index contributed by atoms with van der Waals surface area (Å²) in [4.78, 5) is 16.0. The molecule has 3 rings (SSSR count). The highest BCUT2D eigenvalue weighted by Gasteiger charge is 2.38. The number of benzene rings is 1. The maximum atomic E-state index is 13.9. The van der Waals surface area contributed by atoms with Crippen LogP contribution < -0.4 is 4.74 Å². The fourth-order valence-electron chi connectivity index (χ4n) is 3.47. The summed E-state index contributed by atoms with van der Waals surface area (Å²) in [7, 11) is 0. The van der Waals surface area contributed by atoms with E-state index in [0.717, 1.165) is 12.1 Å². The van der Waals surface area contributed by atoms with Crippen molar-refractivity contribution in [2.45, 2.75) is 38.6 Å². The number of rotatable bonds is 4. The third-order valence-electron chi connectivity index (χ3n) is 4.59. The standard InChI is InChI=1S/C20H25F2N3O4.ClH/c1-20(2,3)29-19(26)25-11-14-9-24(10-15(12-25)28-14)4-5-27-18-16(21)6-13(8-23)7-17(18)22;/h6-7,14-15H,4-5,9-12H2,1-3H3;1H. The summed E-state index contributed by atoms with van der Waals surface area (Å²) in [5.74, 6) is -2.27. The number of nitrogens with zero attached hydrogens (tertiary/aromatic N) is 3. The summed E-state index contributed by atoms with van der Waals surface area (Å²) in [5.41, 5.74) is -0.646. The van der Waals surface area contributed by atoms with Gasteiger partial charge in [-0.15, -0.1) is 12.4 Å². The zero-order valence-corrected chi connectivity index (χ0v) is 18.0. The van der Waals surface area contributed by atoms with E-state index in [-0.39, 0.29) is 42.9 Å². The highest BCUT2D eigenvalue weighted by molar-refractivity contribution is 5.85. The van der Waals surface area contributed by atoms with Crippen LogP contribution in [0.15, 0.2) is 12.1 Å². The first-order chi connectivity index (χ1) is 13.6. The molecule has 0 aliphatic carbocycles. The van der Waals surface area contributed by atoms with Gasteiger partial charge in [-0.1, -0.05) is 0 Å². The Bertz CT molecular complexity index is 775. The second kappa shape index (κ2) is 9.77. The summed E-state index contributed by atoms with van der Waals surface area (Å²) in [6, 6.07) is 3.59. The smallest absolute Gasteiger partial charge is 0.410 e. The third kappa shape index (κ3) is 6.17. The number of ether oxygens (including phenoxy) is 3.